The molecule has 122 valence electrons. The summed E-state index contributed by atoms with van der Waals surface area (Å²) in [6.07, 6.45) is 1.90. The van der Waals surface area contributed by atoms with Crippen LogP contribution in [0.2, 0.25) is 0 Å². The van der Waals surface area contributed by atoms with E-state index in [0.29, 0.717) is 25.9 Å². The molecule has 1 fully saturated rings. The zero-order valence-electron chi connectivity index (χ0n) is 13.0. The van der Waals surface area contributed by atoms with Crippen molar-refractivity contribution in [3.05, 3.63) is 35.9 Å². The highest BCUT2D eigenvalue weighted by Crippen LogP contribution is 2.16. The van der Waals surface area contributed by atoms with Crippen LogP contribution in [0.1, 0.15) is 18.4 Å². The zero-order valence-corrected chi connectivity index (χ0v) is 13.8. The van der Waals surface area contributed by atoms with Crippen LogP contribution < -0.4 is 5.32 Å². The standard InChI is InChI=1S/C16H24N2O3S/c1-18(15-9-12-22(20,21)13-15)11-8-16(19)17-10-7-14-5-3-2-4-6-14/h2-6,15H,7-13H2,1H3,(H,17,19). The normalized spacial score (nSPS) is 20.2. The molecule has 1 amide bonds. The molecule has 0 radical (unpaired) electrons. The molecule has 1 saturated heterocycles. The van der Waals surface area contributed by atoms with Crippen LogP contribution in [0.4, 0.5) is 0 Å². The summed E-state index contributed by atoms with van der Waals surface area (Å²) in [4.78, 5) is 13.8. The van der Waals surface area contributed by atoms with Crippen LogP contribution in [0.3, 0.4) is 0 Å². The summed E-state index contributed by atoms with van der Waals surface area (Å²) < 4.78 is 22.9. The molecule has 0 aromatic heterocycles. The summed E-state index contributed by atoms with van der Waals surface area (Å²) in [6, 6.07) is 10.1. The first-order valence-corrected chi connectivity index (χ1v) is 9.50. The lowest BCUT2D eigenvalue weighted by atomic mass is 10.1. The summed E-state index contributed by atoms with van der Waals surface area (Å²) in [5.41, 5.74) is 1.20. The first-order chi connectivity index (χ1) is 10.5. The minimum Gasteiger partial charge on any atom is -0.356 e. The fourth-order valence-corrected chi connectivity index (χ4v) is 4.47. The molecule has 6 heteroatoms. The van der Waals surface area contributed by atoms with E-state index in [1.54, 1.807) is 0 Å². The Balaban J connectivity index is 1.63. The topological polar surface area (TPSA) is 66.5 Å². The van der Waals surface area contributed by atoms with Gasteiger partial charge >= 0.3 is 0 Å². The fourth-order valence-electron chi connectivity index (χ4n) is 2.66. The molecule has 1 aromatic rings. The molecule has 1 aromatic carbocycles. The highest BCUT2D eigenvalue weighted by Gasteiger charge is 2.30. The number of carbonyl (C=O) groups is 1. The monoisotopic (exact) mass is 324 g/mol. The molecule has 1 heterocycles. The Bertz CT molecular complexity index is 587. The van der Waals surface area contributed by atoms with Gasteiger partial charge in [0.05, 0.1) is 11.5 Å². The summed E-state index contributed by atoms with van der Waals surface area (Å²) in [5.74, 6) is 0.508. The average molecular weight is 324 g/mol. The van der Waals surface area contributed by atoms with Gasteiger partial charge in [0.2, 0.25) is 5.91 Å². The summed E-state index contributed by atoms with van der Waals surface area (Å²) in [5, 5.41) is 2.91. The minimum atomic E-state index is -2.87. The van der Waals surface area contributed by atoms with E-state index in [1.165, 1.54) is 5.56 Å². The van der Waals surface area contributed by atoms with Gasteiger partial charge in [-0.1, -0.05) is 30.3 Å². The second-order valence-electron chi connectivity index (χ2n) is 5.87. The average Bonchev–Trinajstić information content (AvgIpc) is 2.86. The van der Waals surface area contributed by atoms with Crippen LogP contribution in [-0.4, -0.2) is 56.9 Å². The van der Waals surface area contributed by atoms with Gasteiger partial charge in [-0.25, -0.2) is 8.42 Å². The molecule has 1 unspecified atom stereocenters. The van der Waals surface area contributed by atoms with E-state index in [-0.39, 0.29) is 23.5 Å². The summed E-state index contributed by atoms with van der Waals surface area (Å²) in [6.45, 7) is 1.22. The molecule has 1 N–H and O–H groups in total. The van der Waals surface area contributed by atoms with Crippen LogP contribution in [0.15, 0.2) is 30.3 Å². The second-order valence-corrected chi connectivity index (χ2v) is 8.10. The molecular formula is C16H24N2O3S. The van der Waals surface area contributed by atoms with Gasteiger partial charge in [0.25, 0.3) is 0 Å². The number of hydrogen-bond acceptors (Lipinski definition) is 4. The van der Waals surface area contributed by atoms with Gasteiger partial charge in [-0.15, -0.1) is 0 Å². The van der Waals surface area contributed by atoms with Crippen molar-refractivity contribution in [1.82, 2.24) is 10.2 Å². The molecule has 2 rings (SSSR count). The van der Waals surface area contributed by atoms with Crippen LogP contribution in [0.25, 0.3) is 0 Å². The third kappa shape index (κ3) is 5.42. The van der Waals surface area contributed by atoms with Crippen molar-refractivity contribution < 1.29 is 13.2 Å². The minimum absolute atomic E-state index is 0.0173. The Morgan fingerprint density at radius 2 is 2.05 bits per heavy atom. The number of nitrogens with one attached hydrogen (secondary N) is 1. The van der Waals surface area contributed by atoms with Crippen molar-refractivity contribution in [2.75, 3.05) is 31.6 Å². The largest absolute Gasteiger partial charge is 0.356 e. The Kier molecular flexibility index (Phi) is 5.97. The Morgan fingerprint density at radius 1 is 1.32 bits per heavy atom. The van der Waals surface area contributed by atoms with Gasteiger partial charge in [-0.2, -0.15) is 0 Å². The maximum Gasteiger partial charge on any atom is 0.221 e. The number of benzene rings is 1. The molecule has 1 atom stereocenters. The molecule has 0 spiro atoms. The van der Waals surface area contributed by atoms with Crippen LogP contribution >= 0.6 is 0 Å². The van der Waals surface area contributed by atoms with Crippen molar-refractivity contribution in [2.24, 2.45) is 0 Å². The van der Waals surface area contributed by atoms with E-state index in [0.717, 1.165) is 6.42 Å². The van der Waals surface area contributed by atoms with Gasteiger partial charge in [-0.05, 0) is 25.5 Å². The Labute approximate surface area is 132 Å². The van der Waals surface area contributed by atoms with Crippen molar-refractivity contribution in [1.29, 1.82) is 0 Å². The highest BCUT2D eigenvalue weighted by molar-refractivity contribution is 7.91. The maximum atomic E-state index is 11.8. The quantitative estimate of drug-likeness (QED) is 0.808. The van der Waals surface area contributed by atoms with E-state index in [9.17, 15) is 13.2 Å². The van der Waals surface area contributed by atoms with E-state index in [2.05, 4.69) is 5.32 Å². The van der Waals surface area contributed by atoms with Gasteiger partial charge < -0.3 is 10.2 Å². The first-order valence-electron chi connectivity index (χ1n) is 7.67. The lowest BCUT2D eigenvalue weighted by molar-refractivity contribution is -0.121. The Morgan fingerprint density at radius 3 is 2.68 bits per heavy atom. The van der Waals surface area contributed by atoms with E-state index >= 15 is 0 Å². The number of nitrogens with zero attached hydrogens (tertiary/aromatic N) is 1. The SMILES string of the molecule is CN(CCC(=O)NCCc1ccccc1)C1CCS(=O)(=O)C1. The second kappa shape index (κ2) is 7.74. The summed E-state index contributed by atoms with van der Waals surface area (Å²) in [7, 11) is -0.974. The first kappa shape index (κ1) is 17.0. The molecule has 22 heavy (non-hydrogen) atoms. The van der Waals surface area contributed by atoms with E-state index in [1.807, 2.05) is 42.3 Å². The molecule has 5 nitrogen and oxygen atoms in total. The van der Waals surface area contributed by atoms with Gasteiger partial charge in [0.1, 0.15) is 0 Å². The van der Waals surface area contributed by atoms with Gasteiger partial charge in [0.15, 0.2) is 9.84 Å². The predicted octanol–water partition coefficient (Wildman–Crippen LogP) is 0.854. The van der Waals surface area contributed by atoms with Crippen LogP contribution in [0.5, 0.6) is 0 Å². The van der Waals surface area contributed by atoms with Crippen molar-refractivity contribution in [2.45, 2.75) is 25.3 Å². The smallest absolute Gasteiger partial charge is 0.221 e. The molecule has 1 aliphatic heterocycles. The number of carbonyl (C=O) groups excluding carboxylic acids is 1. The lowest BCUT2D eigenvalue weighted by Gasteiger charge is -2.22. The van der Waals surface area contributed by atoms with Gasteiger partial charge in [0, 0.05) is 25.6 Å². The molecule has 0 aliphatic carbocycles. The zero-order chi connectivity index (χ0) is 16.0. The molecule has 1 aliphatic rings. The molecular weight excluding hydrogens is 300 g/mol. The third-order valence-electron chi connectivity index (χ3n) is 4.10. The van der Waals surface area contributed by atoms with Crippen molar-refractivity contribution >= 4 is 15.7 Å². The van der Waals surface area contributed by atoms with E-state index in [4.69, 9.17) is 0 Å². The Hall–Kier alpha value is -1.40. The number of rotatable bonds is 7. The van der Waals surface area contributed by atoms with Crippen molar-refractivity contribution in [3.8, 4) is 0 Å². The highest BCUT2D eigenvalue weighted by atomic mass is 32.2. The molecule has 0 saturated carbocycles. The van der Waals surface area contributed by atoms with E-state index < -0.39 is 9.84 Å². The number of amides is 1. The third-order valence-corrected chi connectivity index (χ3v) is 5.85. The van der Waals surface area contributed by atoms with Crippen LogP contribution in [-0.2, 0) is 21.1 Å². The lowest BCUT2D eigenvalue weighted by Crippen LogP contribution is -2.36. The molecule has 0 bridgehead atoms. The van der Waals surface area contributed by atoms with Crippen LogP contribution in [0, 0.1) is 0 Å². The fraction of sp³-hybridized carbons (Fsp3) is 0.562. The predicted molar refractivity (Wildman–Crippen MR) is 87.5 cm³/mol. The van der Waals surface area contributed by atoms with Crippen molar-refractivity contribution in [3.63, 3.8) is 0 Å². The number of hydrogen-bond donors (Lipinski definition) is 1. The van der Waals surface area contributed by atoms with Gasteiger partial charge in [-0.3, -0.25) is 4.79 Å². The number of sulfone groups is 1. The summed E-state index contributed by atoms with van der Waals surface area (Å²) >= 11 is 0. The maximum absolute atomic E-state index is 11.8.